The molecule has 1 aromatic carbocycles. The fourth-order valence-electron chi connectivity index (χ4n) is 3.74. The van der Waals surface area contributed by atoms with Crippen LogP contribution in [-0.4, -0.2) is 23.4 Å². The van der Waals surface area contributed by atoms with E-state index in [4.69, 9.17) is 4.74 Å². The summed E-state index contributed by atoms with van der Waals surface area (Å²) in [6.07, 6.45) is 7.16. The largest absolute Gasteiger partial charge is 0.390 e. The molecule has 1 N–H and O–H groups in total. The summed E-state index contributed by atoms with van der Waals surface area (Å²) < 4.78 is 6.11. The van der Waals surface area contributed by atoms with Crippen LogP contribution in [0.1, 0.15) is 62.1 Å². The Hall–Kier alpha value is -0.860. The van der Waals surface area contributed by atoms with Crippen molar-refractivity contribution in [3.8, 4) is 0 Å². The van der Waals surface area contributed by atoms with E-state index >= 15 is 0 Å². The molecule has 0 heterocycles. The first-order chi connectivity index (χ1) is 10.1. The van der Waals surface area contributed by atoms with Crippen molar-refractivity contribution in [2.75, 3.05) is 6.61 Å². The average Bonchev–Trinajstić information content (AvgIpc) is 2.70. The SMILES string of the molecule is CCOC1(C(O)Cc2c(C)cccc2C)CCCCCC1. The van der Waals surface area contributed by atoms with E-state index in [9.17, 15) is 5.11 Å². The van der Waals surface area contributed by atoms with Crippen molar-refractivity contribution < 1.29 is 9.84 Å². The number of rotatable bonds is 5. The molecule has 2 nitrogen and oxygen atoms in total. The van der Waals surface area contributed by atoms with E-state index in [0.29, 0.717) is 13.0 Å². The molecule has 0 spiro atoms. The molecule has 21 heavy (non-hydrogen) atoms. The molecule has 1 aliphatic carbocycles. The molecule has 2 heteroatoms. The van der Waals surface area contributed by atoms with Gasteiger partial charge in [0.2, 0.25) is 0 Å². The number of aryl methyl sites for hydroxylation is 2. The zero-order valence-electron chi connectivity index (χ0n) is 13.8. The maximum Gasteiger partial charge on any atom is 0.0943 e. The van der Waals surface area contributed by atoms with Crippen molar-refractivity contribution >= 4 is 0 Å². The number of ether oxygens (including phenoxy) is 1. The van der Waals surface area contributed by atoms with Crippen LogP contribution in [0.5, 0.6) is 0 Å². The lowest BCUT2D eigenvalue weighted by molar-refractivity contribution is -0.128. The summed E-state index contributed by atoms with van der Waals surface area (Å²) >= 11 is 0. The van der Waals surface area contributed by atoms with Gasteiger partial charge in [-0.2, -0.15) is 0 Å². The Morgan fingerprint density at radius 3 is 2.19 bits per heavy atom. The van der Waals surface area contributed by atoms with Gasteiger partial charge in [0.15, 0.2) is 0 Å². The minimum absolute atomic E-state index is 0.333. The second-order valence-corrected chi connectivity index (χ2v) is 6.50. The van der Waals surface area contributed by atoms with E-state index in [2.05, 4.69) is 32.0 Å². The summed E-state index contributed by atoms with van der Waals surface area (Å²) in [7, 11) is 0. The molecular formula is C19H30O2. The van der Waals surface area contributed by atoms with E-state index in [1.165, 1.54) is 42.4 Å². The van der Waals surface area contributed by atoms with Crippen LogP contribution < -0.4 is 0 Å². The maximum atomic E-state index is 11.0. The lowest BCUT2D eigenvalue weighted by Crippen LogP contribution is -2.46. The van der Waals surface area contributed by atoms with Crippen molar-refractivity contribution in [3.05, 3.63) is 34.9 Å². The highest BCUT2D eigenvalue weighted by Crippen LogP contribution is 2.35. The van der Waals surface area contributed by atoms with Crippen LogP contribution in [0.15, 0.2) is 18.2 Å². The summed E-state index contributed by atoms with van der Waals surface area (Å²) in [4.78, 5) is 0. The van der Waals surface area contributed by atoms with Gasteiger partial charge in [-0.25, -0.2) is 0 Å². The Morgan fingerprint density at radius 2 is 1.67 bits per heavy atom. The first kappa shape index (κ1) is 16.5. The molecule has 0 saturated heterocycles. The smallest absolute Gasteiger partial charge is 0.0943 e. The maximum absolute atomic E-state index is 11.0. The van der Waals surface area contributed by atoms with Crippen LogP contribution in [0.2, 0.25) is 0 Å². The lowest BCUT2D eigenvalue weighted by atomic mass is 9.83. The first-order valence-electron chi connectivity index (χ1n) is 8.46. The van der Waals surface area contributed by atoms with Crippen molar-refractivity contribution in [1.82, 2.24) is 0 Å². The molecule has 0 aliphatic heterocycles. The Morgan fingerprint density at radius 1 is 1.10 bits per heavy atom. The molecule has 0 aromatic heterocycles. The Kier molecular flexibility index (Phi) is 5.83. The summed E-state index contributed by atoms with van der Waals surface area (Å²) in [5.74, 6) is 0. The van der Waals surface area contributed by atoms with Gasteiger partial charge in [-0.15, -0.1) is 0 Å². The van der Waals surface area contributed by atoms with Gasteiger partial charge in [0.25, 0.3) is 0 Å². The topological polar surface area (TPSA) is 29.5 Å². The summed E-state index contributed by atoms with van der Waals surface area (Å²) in [6, 6.07) is 6.36. The third-order valence-corrected chi connectivity index (χ3v) is 5.03. The van der Waals surface area contributed by atoms with Gasteiger partial charge in [0.1, 0.15) is 0 Å². The van der Waals surface area contributed by atoms with Gasteiger partial charge in [-0.3, -0.25) is 0 Å². The molecule has 2 rings (SSSR count). The molecular weight excluding hydrogens is 260 g/mol. The highest BCUT2D eigenvalue weighted by molar-refractivity contribution is 5.34. The molecule has 1 aliphatic rings. The lowest BCUT2D eigenvalue weighted by Gasteiger charge is -2.38. The highest BCUT2D eigenvalue weighted by atomic mass is 16.5. The molecule has 0 bridgehead atoms. The van der Waals surface area contributed by atoms with Gasteiger partial charge >= 0.3 is 0 Å². The molecule has 118 valence electrons. The third kappa shape index (κ3) is 3.87. The first-order valence-corrected chi connectivity index (χ1v) is 8.46. The van der Waals surface area contributed by atoms with E-state index in [0.717, 1.165) is 12.8 Å². The number of aliphatic hydroxyl groups is 1. The summed E-state index contributed by atoms with van der Waals surface area (Å²) in [5.41, 5.74) is 3.50. The molecule has 1 atom stereocenters. The highest BCUT2D eigenvalue weighted by Gasteiger charge is 2.39. The minimum atomic E-state index is -0.407. The summed E-state index contributed by atoms with van der Waals surface area (Å²) in [6.45, 7) is 6.99. The average molecular weight is 290 g/mol. The predicted octanol–water partition coefficient (Wildman–Crippen LogP) is 4.34. The van der Waals surface area contributed by atoms with Crippen LogP contribution in [0.4, 0.5) is 0 Å². The number of hydrogen-bond donors (Lipinski definition) is 1. The Labute approximate surface area is 129 Å². The van der Waals surface area contributed by atoms with Gasteiger partial charge in [0, 0.05) is 13.0 Å². The second kappa shape index (κ2) is 7.42. The van der Waals surface area contributed by atoms with Gasteiger partial charge in [-0.05, 0) is 50.3 Å². The van der Waals surface area contributed by atoms with E-state index in [1.54, 1.807) is 0 Å². The van der Waals surface area contributed by atoms with Crippen LogP contribution in [0.3, 0.4) is 0 Å². The van der Waals surface area contributed by atoms with Crippen LogP contribution in [0, 0.1) is 13.8 Å². The number of hydrogen-bond acceptors (Lipinski definition) is 2. The van der Waals surface area contributed by atoms with Crippen molar-refractivity contribution in [1.29, 1.82) is 0 Å². The van der Waals surface area contributed by atoms with Crippen molar-refractivity contribution in [2.45, 2.75) is 77.4 Å². The minimum Gasteiger partial charge on any atom is -0.390 e. The molecule has 1 fully saturated rings. The fraction of sp³-hybridized carbons (Fsp3) is 0.684. The standard InChI is InChI=1S/C19H30O2/c1-4-21-19(12-7-5-6-8-13-19)18(20)14-17-15(2)10-9-11-16(17)3/h9-11,18,20H,4-8,12-14H2,1-3H3. The van der Waals surface area contributed by atoms with Crippen molar-refractivity contribution in [2.24, 2.45) is 0 Å². The molecule has 1 saturated carbocycles. The van der Waals surface area contributed by atoms with E-state index in [1.807, 2.05) is 6.92 Å². The van der Waals surface area contributed by atoms with E-state index in [-0.39, 0.29) is 5.60 Å². The predicted molar refractivity (Wildman–Crippen MR) is 87.7 cm³/mol. The van der Waals surface area contributed by atoms with Gasteiger partial charge < -0.3 is 9.84 Å². The van der Waals surface area contributed by atoms with Gasteiger partial charge in [0.05, 0.1) is 11.7 Å². The number of benzene rings is 1. The normalized spacial score (nSPS) is 20.0. The quantitative estimate of drug-likeness (QED) is 0.818. The van der Waals surface area contributed by atoms with Crippen LogP contribution >= 0.6 is 0 Å². The molecule has 1 unspecified atom stereocenters. The molecule has 0 amide bonds. The zero-order chi connectivity index (χ0) is 15.3. The number of aliphatic hydroxyl groups excluding tert-OH is 1. The molecule has 0 radical (unpaired) electrons. The Balaban J connectivity index is 2.20. The summed E-state index contributed by atoms with van der Waals surface area (Å²) in [5, 5.41) is 11.0. The van der Waals surface area contributed by atoms with Crippen molar-refractivity contribution in [3.63, 3.8) is 0 Å². The van der Waals surface area contributed by atoms with Crippen LogP contribution in [0.25, 0.3) is 0 Å². The van der Waals surface area contributed by atoms with E-state index < -0.39 is 6.10 Å². The van der Waals surface area contributed by atoms with Crippen LogP contribution in [-0.2, 0) is 11.2 Å². The fourth-order valence-corrected chi connectivity index (χ4v) is 3.74. The second-order valence-electron chi connectivity index (χ2n) is 6.50. The zero-order valence-corrected chi connectivity index (χ0v) is 13.8. The third-order valence-electron chi connectivity index (χ3n) is 5.03. The van der Waals surface area contributed by atoms with Gasteiger partial charge in [-0.1, -0.05) is 43.9 Å². The Bertz CT molecular complexity index is 425. The monoisotopic (exact) mass is 290 g/mol. The molecule has 1 aromatic rings.